The van der Waals surface area contributed by atoms with E-state index < -0.39 is 6.09 Å². The molecular formula is C19H20N6O3. The Morgan fingerprint density at radius 2 is 1.93 bits per heavy atom. The third-order valence-electron chi connectivity index (χ3n) is 4.95. The van der Waals surface area contributed by atoms with Crippen LogP contribution in [0.2, 0.25) is 0 Å². The molecular weight excluding hydrogens is 360 g/mol. The predicted molar refractivity (Wildman–Crippen MR) is 102 cm³/mol. The molecule has 1 aromatic carbocycles. The molecule has 4 rings (SSSR count). The van der Waals surface area contributed by atoms with Crippen molar-refractivity contribution >= 4 is 23.5 Å². The second kappa shape index (κ2) is 6.84. The molecule has 1 aliphatic rings. The average molecular weight is 380 g/mol. The van der Waals surface area contributed by atoms with Crippen LogP contribution >= 0.6 is 0 Å². The summed E-state index contributed by atoms with van der Waals surface area (Å²) in [7, 11) is 1.91. The van der Waals surface area contributed by atoms with Gasteiger partial charge in [-0.2, -0.15) is 14.9 Å². The van der Waals surface area contributed by atoms with Crippen LogP contribution in [-0.2, 0) is 24.8 Å². The fourth-order valence-corrected chi connectivity index (χ4v) is 3.42. The minimum Gasteiger partial charge on any atom is -0.463 e. The first kappa shape index (κ1) is 17.8. The summed E-state index contributed by atoms with van der Waals surface area (Å²) in [6, 6.07) is 7.59. The first-order valence-corrected chi connectivity index (χ1v) is 8.88. The summed E-state index contributed by atoms with van der Waals surface area (Å²) in [6.07, 6.45) is 2.65. The van der Waals surface area contributed by atoms with Crippen molar-refractivity contribution in [2.75, 3.05) is 11.9 Å². The van der Waals surface area contributed by atoms with Crippen molar-refractivity contribution < 1.29 is 14.7 Å². The second-order valence-electron chi connectivity index (χ2n) is 6.75. The molecule has 28 heavy (non-hydrogen) atoms. The topological polar surface area (TPSA) is 105 Å². The largest absolute Gasteiger partial charge is 0.463 e. The van der Waals surface area contributed by atoms with Gasteiger partial charge in [0.1, 0.15) is 0 Å². The summed E-state index contributed by atoms with van der Waals surface area (Å²) in [5.41, 5.74) is 4.62. The Labute approximate surface area is 161 Å². The maximum absolute atomic E-state index is 11.7. The maximum atomic E-state index is 11.7. The highest BCUT2D eigenvalue weighted by Crippen LogP contribution is 2.29. The lowest BCUT2D eigenvalue weighted by Gasteiger charge is -2.26. The summed E-state index contributed by atoms with van der Waals surface area (Å²) in [5, 5.41) is 20.7. The molecule has 0 unspecified atom stereocenters. The van der Waals surface area contributed by atoms with Gasteiger partial charge in [-0.05, 0) is 17.7 Å². The van der Waals surface area contributed by atoms with Gasteiger partial charge < -0.3 is 15.3 Å². The van der Waals surface area contributed by atoms with E-state index >= 15 is 0 Å². The van der Waals surface area contributed by atoms with Gasteiger partial charge in [0, 0.05) is 55.6 Å². The molecule has 0 radical (unpaired) electrons. The van der Waals surface area contributed by atoms with Gasteiger partial charge in [0.2, 0.25) is 5.91 Å². The molecule has 0 spiro atoms. The van der Waals surface area contributed by atoms with Crippen LogP contribution in [0.1, 0.15) is 18.2 Å². The quantitative estimate of drug-likeness (QED) is 0.723. The fraction of sp³-hybridized carbons (Fsp3) is 0.263. The third-order valence-corrected chi connectivity index (χ3v) is 4.95. The standard InChI is InChI=1S/C19H20N6O3/c1-12(26)24-8-7-17-16(11-24)18(22-23(17)2)21-15-5-3-13(4-6-15)14-9-20-25(10-14)19(27)28/h3-6,9-10H,7-8,11H2,1-2H3,(H,21,22)(H,27,28). The first-order valence-electron chi connectivity index (χ1n) is 8.88. The lowest BCUT2D eigenvalue weighted by atomic mass is 10.1. The monoisotopic (exact) mass is 380 g/mol. The Morgan fingerprint density at radius 3 is 2.57 bits per heavy atom. The van der Waals surface area contributed by atoms with Gasteiger partial charge in [-0.15, -0.1) is 0 Å². The Morgan fingerprint density at radius 1 is 1.18 bits per heavy atom. The van der Waals surface area contributed by atoms with Crippen molar-refractivity contribution in [3.05, 3.63) is 47.9 Å². The van der Waals surface area contributed by atoms with Crippen molar-refractivity contribution in [2.24, 2.45) is 7.05 Å². The molecule has 144 valence electrons. The lowest BCUT2D eigenvalue weighted by molar-refractivity contribution is -0.129. The highest BCUT2D eigenvalue weighted by Gasteiger charge is 2.25. The molecule has 1 aliphatic heterocycles. The van der Waals surface area contributed by atoms with Gasteiger partial charge in [-0.1, -0.05) is 12.1 Å². The predicted octanol–water partition coefficient (Wildman–Crippen LogP) is 2.46. The minimum absolute atomic E-state index is 0.0618. The number of aryl methyl sites for hydroxylation is 1. The number of hydrogen-bond donors (Lipinski definition) is 2. The van der Waals surface area contributed by atoms with Crippen LogP contribution in [0, 0.1) is 0 Å². The Balaban J connectivity index is 1.55. The van der Waals surface area contributed by atoms with Crippen LogP contribution in [0.25, 0.3) is 11.1 Å². The van der Waals surface area contributed by atoms with Crippen LogP contribution in [-0.4, -0.2) is 48.1 Å². The normalized spacial score (nSPS) is 13.3. The first-order chi connectivity index (χ1) is 13.4. The Kier molecular flexibility index (Phi) is 4.34. The van der Waals surface area contributed by atoms with E-state index in [1.807, 2.05) is 40.9 Å². The molecule has 3 aromatic rings. The van der Waals surface area contributed by atoms with Crippen molar-refractivity contribution in [1.29, 1.82) is 0 Å². The van der Waals surface area contributed by atoms with Crippen molar-refractivity contribution in [2.45, 2.75) is 19.9 Å². The zero-order chi connectivity index (χ0) is 19.8. The summed E-state index contributed by atoms with van der Waals surface area (Å²) < 4.78 is 2.74. The summed E-state index contributed by atoms with van der Waals surface area (Å²) in [5.74, 6) is 0.807. The average Bonchev–Trinajstić information content (AvgIpc) is 3.28. The SMILES string of the molecule is CC(=O)N1CCc2c(c(Nc3ccc(-c4cnn(C(=O)O)c4)cc3)nn2C)C1. The van der Waals surface area contributed by atoms with Gasteiger partial charge in [0.25, 0.3) is 0 Å². The number of benzene rings is 1. The highest BCUT2D eigenvalue weighted by molar-refractivity contribution is 5.75. The molecule has 0 bridgehead atoms. The fourth-order valence-electron chi connectivity index (χ4n) is 3.42. The highest BCUT2D eigenvalue weighted by atomic mass is 16.4. The summed E-state index contributed by atoms with van der Waals surface area (Å²) in [4.78, 5) is 24.5. The molecule has 2 N–H and O–H groups in total. The number of anilines is 2. The van der Waals surface area contributed by atoms with Crippen LogP contribution in [0.4, 0.5) is 16.3 Å². The van der Waals surface area contributed by atoms with Crippen LogP contribution in [0.15, 0.2) is 36.7 Å². The third kappa shape index (κ3) is 3.22. The zero-order valence-electron chi connectivity index (χ0n) is 15.6. The number of rotatable bonds is 3. The Bertz CT molecular complexity index is 1050. The Hall–Kier alpha value is -3.62. The molecule has 9 nitrogen and oxygen atoms in total. The van der Waals surface area contributed by atoms with E-state index in [9.17, 15) is 9.59 Å². The van der Waals surface area contributed by atoms with Crippen molar-refractivity contribution in [3.63, 3.8) is 0 Å². The van der Waals surface area contributed by atoms with E-state index in [1.54, 1.807) is 6.92 Å². The molecule has 0 atom stereocenters. The molecule has 0 fully saturated rings. The van der Waals surface area contributed by atoms with E-state index in [1.165, 1.54) is 12.4 Å². The van der Waals surface area contributed by atoms with E-state index in [0.29, 0.717) is 13.1 Å². The lowest BCUT2D eigenvalue weighted by Crippen LogP contribution is -2.34. The number of fused-ring (bicyclic) bond motifs is 1. The number of carboxylic acid groups (broad SMARTS) is 1. The maximum Gasteiger partial charge on any atom is 0.432 e. The van der Waals surface area contributed by atoms with E-state index in [0.717, 1.165) is 45.0 Å². The number of amides is 1. The van der Waals surface area contributed by atoms with E-state index in [-0.39, 0.29) is 5.91 Å². The number of nitrogens with one attached hydrogen (secondary N) is 1. The number of nitrogens with zero attached hydrogens (tertiary/aromatic N) is 5. The number of carbonyl (C=O) groups excluding carboxylic acids is 1. The molecule has 0 saturated heterocycles. The van der Waals surface area contributed by atoms with Crippen LogP contribution < -0.4 is 5.32 Å². The molecule has 2 aromatic heterocycles. The van der Waals surface area contributed by atoms with Crippen molar-refractivity contribution in [3.8, 4) is 11.1 Å². The van der Waals surface area contributed by atoms with Crippen LogP contribution in [0.3, 0.4) is 0 Å². The summed E-state index contributed by atoms with van der Waals surface area (Å²) in [6.45, 7) is 2.84. The number of hydrogen-bond acceptors (Lipinski definition) is 5. The van der Waals surface area contributed by atoms with Gasteiger partial charge >= 0.3 is 6.09 Å². The molecule has 0 saturated carbocycles. The van der Waals surface area contributed by atoms with Crippen molar-refractivity contribution in [1.82, 2.24) is 24.5 Å². The number of aromatic nitrogens is 4. The van der Waals surface area contributed by atoms with Gasteiger partial charge in [0.05, 0.1) is 12.7 Å². The molecule has 1 amide bonds. The van der Waals surface area contributed by atoms with Gasteiger partial charge in [0.15, 0.2) is 5.82 Å². The summed E-state index contributed by atoms with van der Waals surface area (Å²) >= 11 is 0. The minimum atomic E-state index is -1.12. The molecule has 0 aliphatic carbocycles. The molecule has 3 heterocycles. The smallest absolute Gasteiger partial charge is 0.432 e. The van der Waals surface area contributed by atoms with E-state index in [4.69, 9.17) is 5.11 Å². The number of carbonyl (C=O) groups is 2. The zero-order valence-corrected chi connectivity index (χ0v) is 15.6. The second-order valence-corrected chi connectivity index (χ2v) is 6.75. The van der Waals surface area contributed by atoms with Gasteiger partial charge in [-0.3, -0.25) is 9.48 Å². The molecule has 9 heteroatoms. The van der Waals surface area contributed by atoms with Gasteiger partial charge in [-0.25, -0.2) is 4.79 Å². The van der Waals surface area contributed by atoms with E-state index in [2.05, 4.69) is 15.5 Å². The van der Waals surface area contributed by atoms with Crippen LogP contribution in [0.5, 0.6) is 0 Å².